The predicted octanol–water partition coefficient (Wildman–Crippen LogP) is 8.02. The Morgan fingerprint density at radius 3 is 1.72 bits per heavy atom. The number of aliphatic imine (C=N–C) groups is 2. The second kappa shape index (κ2) is 16.0. The molecule has 0 aliphatic rings. The van der Waals surface area contributed by atoms with Crippen LogP contribution in [0.2, 0.25) is 0 Å². The molecular formula is C37H38N2O4. The number of phenols is 1. The molecule has 0 saturated carbocycles. The number of aromatic hydroxyl groups is 1. The van der Waals surface area contributed by atoms with Crippen LogP contribution < -0.4 is 4.74 Å². The van der Waals surface area contributed by atoms with E-state index in [1.807, 2.05) is 92.9 Å². The standard InChI is InChI=1S/C37H38N2O4/c1-3-43-37-20-15-33(16-21-37)39-26-30-9-5-28(6-10-30)23-35(41)17-4-27(2)22-36(42)24-29-7-11-31(12-8-29)25-38-32-13-18-34(40)19-14-32/h5-16,18-21,25-27,40H,3-4,17,22-24H2,1-2H3/t27-/m0/s1. The van der Waals surface area contributed by atoms with Gasteiger partial charge < -0.3 is 9.84 Å². The number of carbonyl (C=O) groups is 2. The Labute approximate surface area is 253 Å². The monoisotopic (exact) mass is 574 g/mol. The van der Waals surface area contributed by atoms with Crippen LogP contribution in [0.3, 0.4) is 0 Å². The van der Waals surface area contributed by atoms with E-state index in [2.05, 4.69) is 9.98 Å². The fourth-order valence-electron chi connectivity index (χ4n) is 4.59. The Morgan fingerprint density at radius 1 is 0.721 bits per heavy atom. The van der Waals surface area contributed by atoms with Crippen LogP contribution in [-0.2, 0) is 22.4 Å². The summed E-state index contributed by atoms with van der Waals surface area (Å²) in [5.41, 5.74) is 5.44. The molecule has 1 N–H and O–H groups in total. The number of ether oxygens (including phenoxy) is 1. The molecule has 4 aromatic carbocycles. The van der Waals surface area contributed by atoms with Gasteiger partial charge in [0.1, 0.15) is 23.1 Å². The maximum atomic E-state index is 12.7. The van der Waals surface area contributed by atoms with E-state index < -0.39 is 0 Å². The number of nitrogens with zero attached hydrogens (tertiary/aromatic N) is 2. The number of hydrogen-bond donors (Lipinski definition) is 1. The maximum absolute atomic E-state index is 12.7. The molecule has 220 valence electrons. The van der Waals surface area contributed by atoms with Gasteiger partial charge in [-0.3, -0.25) is 19.6 Å². The zero-order chi connectivity index (χ0) is 30.4. The molecule has 6 heteroatoms. The van der Waals surface area contributed by atoms with Gasteiger partial charge in [0, 0.05) is 38.1 Å². The van der Waals surface area contributed by atoms with Crippen LogP contribution in [0, 0.1) is 5.92 Å². The van der Waals surface area contributed by atoms with Crippen molar-refractivity contribution in [3.8, 4) is 11.5 Å². The lowest BCUT2D eigenvalue weighted by Crippen LogP contribution is -2.11. The number of Topliss-reactive ketones (excluding diaryl/α,β-unsaturated/α-hetero) is 2. The van der Waals surface area contributed by atoms with E-state index in [1.54, 1.807) is 30.5 Å². The Kier molecular flexibility index (Phi) is 11.6. The minimum absolute atomic E-state index is 0.148. The first kappa shape index (κ1) is 31.1. The van der Waals surface area contributed by atoms with Crippen LogP contribution >= 0.6 is 0 Å². The second-order valence-corrected chi connectivity index (χ2v) is 10.7. The first-order chi connectivity index (χ1) is 20.9. The average Bonchev–Trinajstić information content (AvgIpc) is 3.01. The fourth-order valence-corrected chi connectivity index (χ4v) is 4.59. The number of carbonyl (C=O) groups excluding carboxylic acids is 2. The van der Waals surface area contributed by atoms with Crippen LogP contribution in [0.15, 0.2) is 107 Å². The van der Waals surface area contributed by atoms with Gasteiger partial charge in [-0.1, -0.05) is 55.5 Å². The molecule has 0 aliphatic heterocycles. The van der Waals surface area contributed by atoms with E-state index in [4.69, 9.17) is 4.74 Å². The molecule has 0 radical (unpaired) electrons. The number of benzene rings is 4. The average molecular weight is 575 g/mol. The molecule has 4 aromatic rings. The predicted molar refractivity (Wildman–Crippen MR) is 174 cm³/mol. The topological polar surface area (TPSA) is 88.3 Å². The van der Waals surface area contributed by atoms with E-state index in [9.17, 15) is 14.7 Å². The highest BCUT2D eigenvalue weighted by Crippen LogP contribution is 2.19. The molecule has 0 amide bonds. The first-order valence-corrected chi connectivity index (χ1v) is 14.7. The van der Waals surface area contributed by atoms with E-state index in [1.165, 1.54) is 0 Å². The van der Waals surface area contributed by atoms with Gasteiger partial charge in [-0.15, -0.1) is 0 Å². The third kappa shape index (κ3) is 10.8. The molecular weight excluding hydrogens is 536 g/mol. The smallest absolute Gasteiger partial charge is 0.137 e. The summed E-state index contributed by atoms with van der Waals surface area (Å²) in [4.78, 5) is 34.2. The molecule has 0 aliphatic carbocycles. The lowest BCUT2D eigenvalue weighted by Gasteiger charge is -2.10. The lowest BCUT2D eigenvalue weighted by atomic mass is 9.94. The highest BCUT2D eigenvalue weighted by Gasteiger charge is 2.13. The molecule has 0 aromatic heterocycles. The molecule has 0 unspecified atom stereocenters. The number of phenolic OH excluding ortho intramolecular Hbond substituents is 1. The summed E-state index contributed by atoms with van der Waals surface area (Å²) in [5.74, 6) is 1.54. The van der Waals surface area contributed by atoms with Gasteiger partial charge >= 0.3 is 0 Å². The summed E-state index contributed by atoms with van der Waals surface area (Å²) in [6.07, 6.45) is 5.95. The van der Waals surface area contributed by atoms with Crippen LogP contribution in [0.25, 0.3) is 0 Å². The van der Waals surface area contributed by atoms with Gasteiger partial charge in [0.05, 0.1) is 18.0 Å². The van der Waals surface area contributed by atoms with Gasteiger partial charge in [-0.05, 0) is 90.0 Å². The first-order valence-electron chi connectivity index (χ1n) is 14.7. The van der Waals surface area contributed by atoms with E-state index in [0.29, 0.717) is 38.7 Å². The van der Waals surface area contributed by atoms with Crippen molar-refractivity contribution < 1.29 is 19.4 Å². The molecule has 0 heterocycles. The molecule has 0 bridgehead atoms. The Morgan fingerprint density at radius 2 is 1.21 bits per heavy atom. The van der Waals surface area contributed by atoms with Crippen molar-refractivity contribution in [2.24, 2.45) is 15.9 Å². The van der Waals surface area contributed by atoms with E-state index in [-0.39, 0.29) is 23.2 Å². The highest BCUT2D eigenvalue weighted by atomic mass is 16.5. The third-order valence-electron chi connectivity index (χ3n) is 6.98. The lowest BCUT2D eigenvalue weighted by molar-refractivity contribution is -0.121. The SMILES string of the molecule is CCOc1ccc(N=Cc2ccc(CC(=O)CC[C@H](C)CC(=O)Cc3ccc(C=Nc4ccc(O)cc4)cc3)cc2)cc1. The Bertz CT molecular complexity index is 1520. The number of hydrogen-bond acceptors (Lipinski definition) is 6. The maximum Gasteiger partial charge on any atom is 0.137 e. The molecule has 6 nitrogen and oxygen atoms in total. The largest absolute Gasteiger partial charge is 0.508 e. The van der Waals surface area contributed by atoms with Crippen molar-refractivity contribution in [1.82, 2.24) is 0 Å². The molecule has 43 heavy (non-hydrogen) atoms. The van der Waals surface area contributed by atoms with Crippen LogP contribution in [-0.4, -0.2) is 35.7 Å². The van der Waals surface area contributed by atoms with Crippen molar-refractivity contribution >= 4 is 35.4 Å². The van der Waals surface area contributed by atoms with Crippen molar-refractivity contribution in [3.05, 3.63) is 119 Å². The summed E-state index contributed by atoms with van der Waals surface area (Å²) >= 11 is 0. The van der Waals surface area contributed by atoms with Crippen LogP contribution in [0.4, 0.5) is 11.4 Å². The molecule has 0 fully saturated rings. The summed E-state index contributed by atoms with van der Waals surface area (Å²) < 4.78 is 5.46. The van der Waals surface area contributed by atoms with Crippen molar-refractivity contribution in [2.45, 2.75) is 46.0 Å². The summed E-state index contributed by atoms with van der Waals surface area (Å²) in [6.45, 7) is 4.62. The normalized spacial score (nSPS) is 12.0. The van der Waals surface area contributed by atoms with Gasteiger partial charge in [-0.2, -0.15) is 0 Å². The van der Waals surface area contributed by atoms with Gasteiger partial charge in [-0.25, -0.2) is 0 Å². The van der Waals surface area contributed by atoms with Gasteiger partial charge in [0.2, 0.25) is 0 Å². The molecule has 4 rings (SSSR count). The van der Waals surface area contributed by atoms with Crippen molar-refractivity contribution in [3.63, 3.8) is 0 Å². The summed E-state index contributed by atoms with van der Waals surface area (Å²) in [5, 5.41) is 9.37. The third-order valence-corrected chi connectivity index (χ3v) is 6.98. The van der Waals surface area contributed by atoms with Crippen molar-refractivity contribution in [2.75, 3.05) is 6.61 Å². The summed E-state index contributed by atoms with van der Waals surface area (Å²) in [7, 11) is 0. The second-order valence-electron chi connectivity index (χ2n) is 10.7. The minimum atomic E-state index is 0.148. The zero-order valence-corrected chi connectivity index (χ0v) is 24.8. The van der Waals surface area contributed by atoms with E-state index >= 15 is 0 Å². The zero-order valence-electron chi connectivity index (χ0n) is 24.8. The molecule has 1 atom stereocenters. The minimum Gasteiger partial charge on any atom is -0.508 e. The van der Waals surface area contributed by atoms with Crippen molar-refractivity contribution in [1.29, 1.82) is 0 Å². The molecule has 0 spiro atoms. The fraction of sp³-hybridized carbons (Fsp3) is 0.243. The van der Waals surface area contributed by atoms with Gasteiger partial charge in [0.15, 0.2) is 0 Å². The van der Waals surface area contributed by atoms with E-state index in [0.717, 1.165) is 39.4 Å². The Balaban J connectivity index is 1.16. The Hall–Kier alpha value is -4.84. The highest BCUT2D eigenvalue weighted by molar-refractivity contribution is 5.85. The summed E-state index contributed by atoms with van der Waals surface area (Å²) in [6, 6.07) is 30.0. The number of ketones is 2. The quantitative estimate of drug-likeness (QED) is 0.146. The van der Waals surface area contributed by atoms with Crippen LogP contribution in [0.5, 0.6) is 11.5 Å². The molecule has 0 saturated heterocycles. The number of rotatable bonds is 15. The van der Waals surface area contributed by atoms with Gasteiger partial charge in [0.25, 0.3) is 0 Å². The van der Waals surface area contributed by atoms with Crippen LogP contribution in [0.1, 0.15) is 55.4 Å².